The van der Waals surface area contributed by atoms with Crippen LogP contribution in [-0.2, 0) is 0 Å². The fourth-order valence-electron chi connectivity index (χ4n) is 1.03. The number of hydrogen-bond acceptors (Lipinski definition) is 3. The monoisotopic (exact) mass is 335 g/mol. The molecule has 0 aliphatic rings. The molecule has 0 spiro atoms. The number of hydrogen-bond donors (Lipinski definition) is 3. The maximum Gasteiger partial charge on any atom is 0.186 e. The Morgan fingerprint density at radius 3 is 2.94 bits per heavy atom. The zero-order chi connectivity index (χ0) is 12.8. The van der Waals surface area contributed by atoms with E-state index in [1.807, 2.05) is 6.92 Å². The average Bonchev–Trinajstić information content (AvgIpc) is 2.26. The van der Waals surface area contributed by atoms with Crippen molar-refractivity contribution >= 4 is 51.1 Å². The van der Waals surface area contributed by atoms with Gasteiger partial charge in [-0.1, -0.05) is 11.6 Å². The molecule has 0 aliphatic carbocycles. The third-order valence-electron chi connectivity index (χ3n) is 1.76. The molecule has 0 saturated heterocycles. The summed E-state index contributed by atoms with van der Waals surface area (Å²) in [7, 11) is 0. The fraction of sp³-hybridized carbons (Fsp3) is 0.200. The van der Waals surface area contributed by atoms with Crippen LogP contribution in [-0.4, -0.2) is 23.0 Å². The molecular formula is C10H11BrClN3OS. The molecule has 0 radical (unpaired) electrons. The molecule has 0 aromatic heterocycles. The van der Waals surface area contributed by atoms with Crippen molar-refractivity contribution in [1.82, 2.24) is 10.7 Å². The van der Waals surface area contributed by atoms with E-state index in [9.17, 15) is 5.11 Å². The van der Waals surface area contributed by atoms with E-state index in [2.05, 4.69) is 31.8 Å². The van der Waals surface area contributed by atoms with Crippen molar-refractivity contribution in [3.63, 3.8) is 0 Å². The number of nitrogens with zero attached hydrogens (tertiary/aromatic N) is 1. The number of rotatable bonds is 3. The molecule has 1 aromatic rings. The number of phenols is 1. The maximum absolute atomic E-state index is 9.44. The van der Waals surface area contributed by atoms with Crippen LogP contribution in [0.3, 0.4) is 0 Å². The average molecular weight is 337 g/mol. The first-order chi connectivity index (χ1) is 8.04. The number of benzene rings is 1. The first-order valence-electron chi connectivity index (χ1n) is 4.79. The van der Waals surface area contributed by atoms with Gasteiger partial charge in [0.05, 0.1) is 15.7 Å². The summed E-state index contributed by atoms with van der Waals surface area (Å²) >= 11 is 13.9. The molecular weight excluding hydrogens is 326 g/mol. The van der Waals surface area contributed by atoms with Gasteiger partial charge in [-0.15, -0.1) is 0 Å². The van der Waals surface area contributed by atoms with Crippen LogP contribution in [0, 0.1) is 0 Å². The van der Waals surface area contributed by atoms with E-state index in [1.165, 1.54) is 0 Å². The predicted molar refractivity (Wildman–Crippen MR) is 77.8 cm³/mol. The number of thiocarbonyl (C=S) groups is 1. The van der Waals surface area contributed by atoms with Crippen LogP contribution in [0.15, 0.2) is 21.7 Å². The van der Waals surface area contributed by atoms with Gasteiger partial charge in [-0.3, -0.25) is 5.43 Å². The molecule has 92 valence electrons. The van der Waals surface area contributed by atoms with Gasteiger partial charge in [-0.2, -0.15) is 5.10 Å². The zero-order valence-electron chi connectivity index (χ0n) is 9.00. The highest BCUT2D eigenvalue weighted by Gasteiger charge is 2.04. The van der Waals surface area contributed by atoms with Gasteiger partial charge < -0.3 is 10.4 Å². The summed E-state index contributed by atoms with van der Waals surface area (Å²) in [6, 6.07) is 3.30. The molecule has 7 heteroatoms. The molecule has 4 nitrogen and oxygen atoms in total. The van der Waals surface area contributed by atoms with Crippen molar-refractivity contribution in [2.24, 2.45) is 5.10 Å². The highest BCUT2D eigenvalue weighted by atomic mass is 79.9. The first kappa shape index (κ1) is 14.2. The minimum atomic E-state index is 0.0138. The van der Waals surface area contributed by atoms with Crippen LogP contribution in [0.4, 0.5) is 0 Å². The minimum absolute atomic E-state index is 0.0138. The van der Waals surface area contributed by atoms with Crippen LogP contribution in [0.5, 0.6) is 5.75 Å². The van der Waals surface area contributed by atoms with Crippen LogP contribution in [0.1, 0.15) is 12.5 Å². The number of nitrogens with one attached hydrogen (secondary N) is 2. The van der Waals surface area contributed by atoms with Crippen molar-refractivity contribution in [3.8, 4) is 5.75 Å². The summed E-state index contributed by atoms with van der Waals surface area (Å²) in [5.41, 5.74) is 3.40. The van der Waals surface area contributed by atoms with E-state index in [-0.39, 0.29) is 10.8 Å². The number of phenolic OH excluding ortho intramolecular Hbond substituents is 1. The molecule has 0 bridgehead atoms. The molecule has 0 heterocycles. The lowest BCUT2D eigenvalue weighted by molar-refractivity contribution is 0.472. The molecule has 0 unspecified atom stereocenters. The maximum atomic E-state index is 9.44. The van der Waals surface area contributed by atoms with Crippen molar-refractivity contribution in [1.29, 1.82) is 0 Å². The van der Waals surface area contributed by atoms with E-state index < -0.39 is 0 Å². The van der Waals surface area contributed by atoms with Gasteiger partial charge in [0, 0.05) is 6.54 Å². The first-order valence-corrected chi connectivity index (χ1v) is 6.37. The molecule has 0 atom stereocenters. The number of halogens is 2. The number of hydrazone groups is 1. The summed E-state index contributed by atoms with van der Waals surface area (Å²) in [6.07, 6.45) is 1.56. The standard InChI is InChI=1S/C10H11BrClN3OS/c1-2-13-10(17)15-14-5-6-3-7(11)9(16)8(12)4-6/h3-5,16H,2H2,1H3,(H2,13,15,17)/b14-5-. The number of aromatic hydroxyl groups is 1. The fourth-order valence-corrected chi connectivity index (χ4v) is 2.04. The van der Waals surface area contributed by atoms with Crippen molar-refractivity contribution in [2.75, 3.05) is 6.54 Å². The van der Waals surface area contributed by atoms with Gasteiger partial charge in [0.1, 0.15) is 5.75 Å². The van der Waals surface area contributed by atoms with Crippen LogP contribution < -0.4 is 10.7 Å². The van der Waals surface area contributed by atoms with Crippen LogP contribution in [0.25, 0.3) is 0 Å². The lowest BCUT2D eigenvalue weighted by Gasteiger charge is -2.04. The Balaban J connectivity index is 2.69. The highest BCUT2D eigenvalue weighted by molar-refractivity contribution is 9.10. The second-order valence-corrected chi connectivity index (χ2v) is 4.73. The van der Waals surface area contributed by atoms with E-state index in [4.69, 9.17) is 23.8 Å². The van der Waals surface area contributed by atoms with Crippen LogP contribution in [0.2, 0.25) is 5.02 Å². The van der Waals surface area contributed by atoms with Gasteiger partial charge >= 0.3 is 0 Å². The van der Waals surface area contributed by atoms with Gasteiger partial charge in [-0.05, 0) is 52.8 Å². The molecule has 1 rings (SSSR count). The summed E-state index contributed by atoms with van der Waals surface area (Å²) in [5, 5.41) is 17.0. The lowest BCUT2D eigenvalue weighted by atomic mass is 10.2. The van der Waals surface area contributed by atoms with Gasteiger partial charge in [-0.25, -0.2) is 0 Å². The third kappa shape index (κ3) is 4.49. The molecule has 17 heavy (non-hydrogen) atoms. The van der Waals surface area contributed by atoms with E-state index in [0.717, 1.165) is 12.1 Å². The summed E-state index contributed by atoms with van der Waals surface area (Å²) in [4.78, 5) is 0. The molecule has 3 N–H and O–H groups in total. The van der Waals surface area contributed by atoms with Crippen molar-refractivity contribution < 1.29 is 5.11 Å². The van der Waals surface area contributed by atoms with Crippen molar-refractivity contribution in [3.05, 3.63) is 27.2 Å². The topological polar surface area (TPSA) is 56.7 Å². The van der Waals surface area contributed by atoms with Crippen molar-refractivity contribution in [2.45, 2.75) is 6.92 Å². The third-order valence-corrected chi connectivity index (χ3v) is 2.88. The quantitative estimate of drug-likeness (QED) is 0.451. The summed E-state index contributed by atoms with van der Waals surface area (Å²) in [5.74, 6) is 0.0138. The van der Waals surface area contributed by atoms with Crippen LogP contribution >= 0.6 is 39.7 Å². The van der Waals surface area contributed by atoms with E-state index >= 15 is 0 Å². The van der Waals surface area contributed by atoms with Gasteiger partial charge in [0.15, 0.2) is 5.11 Å². The summed E-state index contributed by atoms with van der Waals surface area (Å²) in [6.45, 7) is 2.67. The predicted octanol–water partition coefficient (Wildman–Crippen LogP) is 2.63. The molecule has 1 aromatic carbocycles. The molecule has 0 aliphatic heterocycles. The van der Waals surface area contributed by atoms with E-state index in [0.29, 0.717) is 9.59 Å². The minimum Gasteiger partial charge on any atom is -0.505 e. The Bertz CT molecular complexity index is 430. The highest BCUT2D eigenvalue weighted by Crippen LogP contribution is 2.32. The molecule has 0 amide bonds. The zero-order valence-corrected chi connectivity index (χ0v) is 12.2. The Labute approximate surface area is 118 Å². The Hall–Kier alpha value is -0.850. The molecule has 0 saturated carbocycles. The molecule has 0 fully saturated rings. The van der Waals surface area contributed by atoms with Gasteiger partial charge in [0.2, 0.25) is 0 Å². The summed E-state index contributed by atoms with van der Waals surface area (Å²) < 4.78 is 0.515. The van der Waals surface area contributed by atoms with E-state index in [1.54, 1.807) is 18.3 Å². The smallest absolute Gasteiger partial charge is 0.186 e. The second-order valence-electron chi connectivity index (χ2n) is 3.06. The largest absolute Gasteiger partial charge is 0.505 e. The lowest BCUT2D eigenvalue weighted by Crippen LogP contribution is -2.31. The Morgan fingerprint density at radius 2 is 2.35 bits per heavy atom. The second kappa shape index (κ2) is 6.78. The van der Waals surface area contributed by atoms with Gasteiger partial charge in [0.25, 0.3) is 0 Å². The SMILES string of the molecule is CCNC(=S)N/N=C\c1cc(Cl)c(O)c(Br)c1. The normalized spacial score (nSPS) is 10.5. The Morgan fingerprint density at radius 1 is 1.65 bits per heavy atom. The Kier molecular flexibility index (Phi) is 5.67.